The molecular formula is C13H18N4O3. The molecule has 0 radical (unpaired) electrons. The number of amides is 2. The summed E-state index contributed by atoms with van der Waals surface area (Å²) in [5.41, 5.74) is -0.0234. The van der Waals surface area contributed by atoms with Crippen molar-refractivity contribution < 1.29 is 9.59 Å². The van der Waals surface area contributed by atoms with E-state index in [4.69, 9.17) is 0 Å². The van der Waals surface area contributed by atoms with Gasteiger partial charge in [-0.3, -0.25) is 14.4 Å². The number of aromatic nitrogens is 2. The lowest BCUT2D eigenvalue weighted by Gasteiger charge is -2.18. The van der Waals surface area contributed by atoms with Crippen LogP contribution in [-0.4, -0.2) is 46.1 Å². The summed E-state index contributed by atoms with van der Waals surface area (Å²) in [6.07, 6.45) is 1.47. The van der Waals surface area contributed by atoms with E-state index in [0.29, 0.717) is 26.1 Å². The third kappa shape index (κ3) is 3.23. The molecule has 0 aromatic carbocycles. The molecule has 1 aliphatic rings. The summed E-state index contributed by atoms with van der Waals surface area (Å²) in [7, 11) is 0. The second-order valence-electron chi connectivity index (χ2n) is 4.71. The number of aryl methyl sites for hydroxylation is 1. The van der Waals surface area contributed by atoms with Gasteiger partial charge in [0.2, 0.25) is 5.91 Å². The maximum atomic E-state index is 12.3. The Bertz CT molecular complexity index is 567. The Hall–Kier alpha value is -2.18. The Labute approximate surface area is 116 Å². The van der Waals surface area contributed by atoms with Gasteiger partial charge in [-0.15, -0.1) is 0 Å². The van der Waals surface area contributed by atoms with Gasteiger partial charge in [0.25, 0.3) is 11.5 Å². The molecule has 0 atom stereocenters. The molecule has 1 aliphatic heterocycles. The highest BCUT2D eigenvalue weighted by molar-refractivity contribution is 5.94. The molecule has 2 heterocycles. The first-order valence-electron chi connectivity index (χ1n) is 6.76. The number of carbonyl (C=O) groups is 2. The average molecular weight is 278 g/mol. The fourth-order valence-electron chi connectivity index (χ4n) is 2.08. The summed E-state index contributed by atoms with van der Waals surface area (Å²) in [6, 6.07) is 2.76. The van der Waals surface area contributed by atoms with Crippen molar-refractivity contribution in [3.63, 3.8) is 0 Å². The van der Waals surface area contributed by atoms with E-state index in [-0.39, 0.29) is 29.6 Å². The highest BCUT2D eigenvalue weighted by atomic mass is 16.2. The molecule has 0 aliphatic carbocycles. The fourth-order valence-corrected chi connectivity index (χ4v) is 2.08. The normalized spacial score (nSPS) is 15.7. The van der Waals surface area contributed by atoms with Gasteiger partial charge in [-0.2, -0.15) is 5.10 Å². The van der Waals surface area contributed by atoms with Crippen LogP contribution in [0.15, 0.2) is 16.9 Å². The van der Waals surface area contributed by atoms with Crippen molar-refractivity contribution in [2.75, 3.05) is 19.6 Å². The van der Waals surface area contributed by atoms with Crippen molar-refractivity contribution in [2.24, 2.45) is 0 Å². The highest BCUT2D eigenvalue weighted by Gasteiger charge is 2.22. The van der Waals surface area contributed by atoms with Crippen LogP contribution in [0.5, 0.6) is 0 Å². The standard InChI is InChI=1S/C13H18N4O3/c1-2-7-17-12(19)5-4-10(15-17)13(20)16-8-3-6-14-11(18)9-16/h4-5H,2-3,6-9H2,1H3,(H,14,18). The van der Waals surface area contributed by atoms with Crippen molar-refractivity contribution in [1.29, 1.82) is 0 Å². The summed E-state index contributed by atoms with van der Waals surface area (Å²) in [5.74, 6) is -0.482. The molecule has 7 heteroatoms. The van der Waals surface area contributed by atoms with Gasteiger partial charge in [-0.25, -0.2) is 4.68 Å². The minimum absolute atomic E-state index is 0.0351. The SMILES string of the molecule is CCCn1nc(C(=O)N2CCCNC(=O)C2)ccc1=O. The molecule has 1 aromatic heterocycles. The second-order valence-corrected chi connectivity index (χ2v) is 4.71. The fraction of sp³-hybridized carbons (Fsp3) is 0.538. The molecule has 7 nitrogen and oxygen atoms in total. The molecule has 2 rings (SSSR count). The van der Waals surface area contributed by atoms with E-state index in [0.717, 1.165) is 6.42 Å². The first-order valence-corrected chi connectivity index (χ1v) is 6.76. The van der Waals surface area contributed by atoms with Crippen molar-refractivity contribution >= 4 is 11.8 Å². The van der Waals surface area contributed by atoms with Crippen LogP contribution in [-0.2, 0) is 11.3 Å². The predicted molar refractivity (Wildman–Crippen MR) is 72.3 cm³/mol. The third-order valence-corrected chi connectivity index (χ3v) is 3.07. The Balaban J connectivity index is 2.21. The summed E-state index contributed by atoms with van der Waals surface area (Å²) in [5, 5.41) is 6.79. The predicted octanol–water partition coefficient (Wildman–Crippen LogP) is -0.385. The van der Waals surface area contributed by atoms with E-state index in [1.54, 1.807) is 0 Å². The lowest BCUT2D eigenvalue weighted by atomic mass is 10.3. The van der Waals surface area contributed by atoms with Crippen LogP contribution in [0.25, 0.3) is 0 Å². The van der Waals surface area contributed by atoms with Crippen LogP contribution < -0.4 is 10.9 Å². The van der Waals surface area contributed by atoms with E-state index in [2.05, 4.69) is 10.4 Å². The molecule has 0 saturated carbocycles. The quantitative estimate of drug-likeness (QED) is 0.816. The molecule has 0 spiro atoms. The molecule has 0 unspecified atom stereocenters. The van der Waals surface area contributed by atoms with Gasteiger partial charge in [0, 0.05) is 25.7 Å². The van der Waals surface area contributed by atoms with Crippen molar-refractivity contribution in [3.05, 3.63) is 28.2 Å². The second kappa shape index (κ2) is 6.31. The van der Waals surface area contributed by atoms with Crippen LogP contribution in [0.2, 0.25) is 0 Å². The van der Waals surface area contributed by atoms with Gasteiger partial charge in [-0.05, 0) is 18.9 Å². The van der Waals surface area contributed by atoms with Crippen LogP contribution in [0, 0.1) is 0 Å². The van der Waals surface area contributed by atoms with E-state index in [9.17, 15) is 14.4 Å². The molecule has 1 N–H and O–H groups in total. The number of hydrogen-bond acceptors (Lipinski definition) is 4. The van der Waals surface area contributed by atoms with Gasteiger partial charge >= 0.3 is 0 Å². The Morgan fingerprint density at radius 1 is 1.40 bits per heavy atom. The topological polar surface area (TPSA) is 84.3 Å². The minimum atomic E-state index is -0.313. The van der Waals surface area contributed by atoms with E-state index >= 15 is 0 Å². The molecule has 108 valence electrons. The van der Waals surface area contributed by atoms with E-state index in [1.807, 2.05) is 6.92 Å². The maximum absolute atomic E-state index is 12.3. The van der Waals surface area contributed by atoms with Crippen LogP contribution in [0.3, 0.4) is 0 Å². The number of nitrogens with one attached hydrogen (secondary N) is 1. The zero-order valence-electron chi connectivity index (χ0n) is 11.5. The molecule has 0 bridgehead atoms. The molecule has 1 aromatic rings. The van der Waals surface area contributed by atoms with Gasteiger partial charge < -0.3 is 10.2 Å². The number of rotatable bonds is 3. The van der Waals surface area contributed by atoms with Crippen molar-refractivity contribution in [3.8, 4) is 0 Å². The average Bonchev–Trinajstić information content (AvgIpc) is 2.65. The Morgan fingerprint density at radius 2 is 2.20 bits per heavy atom. The van der Waals surface area contributed by atoms with E-state index < -0.39 is 0 Å². The van der Waals surface area contributed by atoms with Crippen LogP contribution in [0.1, 0.15) is 30.3 Å². The highest BCUT2D eigenvalue weighted by Crippen LogP contribution is 2.03. The van der Waals surface area contributed by atoms with Crippen LogP contribution in [0.4, 0.5) is 0 Å². The Kier molecular flexibility index (Phi) is 4.49. The summed E-state index contributed by atoms with van der Waals surface area (Å²) < 4.78 is 1.28. The van der Waals surface area contributed by atoms with Crippen molar-refractivity contribution in [2.45, 2.75) is 26.3 Å². The number of nitrogens with zero attached hydrogens (tertiary/aromatic N) is 3. The lowest BCUT2D eigenvalue weighted by Crippen LogP contribution is -2.38. The van der Waals surface area contributed by atoms with Crippen molar-refractivity contribution in [1.82, 2.24) is 20.0 Å². The zero-order chi connectivity index (χ0) is 14.5. The number of carbonyl (C=O) groups excluding carboxylic acids is 2. The molecule has 20 heavy (non-hydrogen) atoms. The maximum Gasteiger partial charge on any atom is 0.274 e. The summed E-state index contributed by atoms with van der Waals surface area (Å²) >= 11 is 0. The first-order chi connectivity index (χ1) is 9.61. The van der Waals surface area contributed by atoms with Gasteiger partial charge in [0.05, 0.1) is 6.54 Å². The zero-order valence-corrected chi connectivity index (χ0v) is 11.5. The first kappa shape index (κ1) is 14.2. The molecule has 2 amide bonds. The van der Waals surface area contributed by atoms with Gasteiger partial charge in [0.1, 0.15) is 5.69 Å². The Morgan fingerprint density at radius 3 is 2.95 bits per heavy atom. The molecule has 1 saturated heterocycles. The van der Waals surface area contributed by atoms with Gasteiger partial charge in [-0.1, -0.05) is 6.92 Å². The minimum Gasteiger partial charge on any atom is -0.354 e. The smallest absolute Gasteiger partial charge is 0.274 e. The third-order valence-electron chi connectivity index (χ3n) is 3.07. The van der Waals surface area contributed by atoms with Crippen LogP contribution >= 0.6 is 0 Å². The monoisotopic (exact) mass is 278 g/mol. The molecular weight excluding hydrogens is 260 g/mol. The summed E-state index contributed by atoms with van der Waals surface area (Å²) in [6.45, 7) is 3.52. The largest absolute Gasteiger partial charge is 0.354 e. The van der Waals surface area contributed by atoms with Gasteiger partial charge in [0.15, 0.2) is 0 Å². The summed E-state index contributed by atoms with van der Waals surface area (Å²) in [4.78, 5) is 36.8. The molecule has 1 fully saturated rings. The number of hydrogen-bond donors (Lipinski definition) is 1. The lowest BCUT2D eigenvalue weighted by molar-refractivity contribution is -0.121. The van der Waals surface area contributed by atoms with E-state index in [1.165, 1.54) is 21.7 Å².